The summed E-state index contributed by atoms with van der Waals surface area (Å²) in [6, 6.07) is 7.70. The molecule has 5 heteroatoms. The predicted octanol–water partition coefficient (Wildman–Crippen LogP) is 3.37. The topological polar surface area (TPSA) is 63.3 Å². The highest BCUT2D eigenvalue weighted by molar-refractivity contribution is 7.98. The van der Waals surface area contributed by atoms with E-state index < -0.39 is 5.97 Å². The lowest BCUT2D eigenvalue weighted by Crippen LogP contribution is -1.86. The number of benzene rings is 1. The average Bonchev–Trinajstić information content (AvgIpc) is 2.80. The van der Waals surface area contributed by atoms with Crippen LogP contribution in [-0.2, 0) is 10.5 Å². The van der Waals surface area contributed by atoms with Gasteiger partial charge in [-0.1, -0.05) is 36.0 Å². The molecule has 0 amide bonds. The van der Waals surface area contributed by atoms with Gasteiger partial charge in [-0.15, -0.1) is 0 Å². The van der Waals surface area contributed by atoms with Gasteiger partial charge in [0.25, 0.3) is 5.22 Å². The smallest absolute Gasteiger partial charge is 0.328 e. The van der Waals surface area contributed by atoms with Crippen LogP contribution in [0.4, 0.5) is 0 Å². The van der Waals surface area contributed by atoms with Gasteiger partial charge in [0.05, 0.1) is 5.69 Å². The van der Waals surface area contributed by atoms with Gasteiger partial charge in [-0.25, -0.2) is 9.78 Å². The summed E-state index contributed by atoms with van der Waals surface area (Å²) in [7, 11) is 0. The van der Waals surface area contributed by atoms with E-state index in [2.05, 4.69) is 4.98 Å². The fourth-order valence-corrected chi connectivity index (χ4v) is 2.29. The Morgan fingerprint density at radius 2 is 2.37 bits per heavy atom. The van der Waals surface area contributed by atoms with Gasteiger partial charge < -0.3 is 9.52 Å². The lowest BCUT2D eigenvalue weighted by atomic mass is 10.1. The molecule has 0 aliphatic carbocycles. The molecule has 2 rings (SSSR count). The second kappa shape index (κ2) is 6.24. The highest BCUT2D eigenvalue weighted by atomic mass is 32.2. The molecule has 0 saturated heterocycles. The third kappa shape index (κ3) is 4.30. The van der Waals surface area contributed by atoms with Crippen molar-refractivity contribution in [3.8, 4) is 0 Å². The fraction of sp³-hybridized carbons (Fsp3) is 0.143. The molecule has 0 bridgehead atoms. The van der Waals surface area contributed by atoms with E-state index in [1.165, 1.54) is 11.8 Å². The minimum Gasteiger partial charge on any atom is -0.478 e. The third-order valence-corrected chi connectivity index (χ3v) is 3.24. The molecule has 0 atom stereocenters. The largest absolute Gasteiger partial charge is 0.478 e. The summed E-state index contributed by atoms with van der Waals surface area (Å²) in [6.07, 6.45) is 4.32. The number of rotatable bonds is 5. The van der Waals surface area contributed by atoms with Crippen LogP contribution in [-0.4, -0.2) is 16.1 Å². The molecule has 4 nitrogen and oxygen atoms in total. The number of carboxylic acid groups (broad SMARTS) is 1. The van der Waals surface area contributed by atoms with Crippen molar-refractivity contribution in [2.24, 2.45) is 0 Å². The maximum Gasteiger partial charge on any atom is 0.328 e. The Hall–Kier alpha value is -2.01. The number of carboxylic acids is 1. The van der Waals surface area contributed by atoms with Crippen molar-refractivity contribution in [1.29, 1.82) is 0 Å². The molecule has 2 aromatic rings. The maximum atomic E-state index is 10.5. The Kier molecular flexibility index (Phi) is 4.41. The minimum absolute atomic E-state index is 0.643. The van der Waals surface area contributed by atoms with Crippen LogP contribution in [0, 0.1) is 6.92 Å². The molecule has 1 N–H and O–H groups in total. The highest BCUT2D eigenvalue weighted by Crippen LogP contribution is 2.22. The van der Waals surface area contributed by atoms with Crippen molar-refractivity contribution in [1.82, 2.24) is 4.98 Å². The monoisotopic (exact) mass is 275 g/mol. The molecule has 0 aliphatic rings. The summed E-state index contributed by atoms with van der Waals surface area (Å²) in [5.74, 6) is -0.218. The summed E-state index contributed by atoms with van der Waals surface area (Å²) < 4.78 is 5.26. The molecule has 0 unspecified atom stereocenters. The van der Waals surface area contributed by atoms with Crippen LogP contribution in [0.1, 0.15) is 16.8 Å². The first-order valence-electron chi connectivity index (χ1n) is 5.68. The molecule has 0 spiro atoms. The van der Waals surface area contributed by atoms with E-state index in [-0.39, 0.29) is 0 Å². The maximum absolute atomic E-state index is 10.5. The minimum atomic E-state index is -0.949. The van der Waals surface area contributed by atoms with Crippen molar-refractivity contribution in [3.63, 3.8) is 0 Å². The van der Waals surface area contributed by atoms with E-state index in [0.717, 1.165) is 28.6 Å². The summed E-state index contributed by atoms with van der Waals surface area (Å²) in [6.45, 7) is 1.88. The first kappa shape index (κ1) is 13.4. The molecule has 0 radical (unpaired) electrons. The van der Waals surface area contributed by atoms with Crippen LogP contribution in [0.5, 0.6) is 0 Å². The van der Waals surface area contributed by atoms with Gasteiger partial charge in [0.2, 0.25) is 0 Å². The lowest BCUT2D eigenvalue weighted by Gasteiger charge is -2.00. The Balaban J connectivity index is 2.00. The number of nitrogens with zero attached hydrogens (tertiary/aromatic N) is 1. The number of hydrogen-bond donors (Lipinski definition) is 1. The zero-order chi connectivity index (χ0) is 13.7. The number of aromatic nitrogens is 1. The average molecular weight is 275 g/mol. The quantitative estimate of drug-likeness (QED) is 0.669. The second-order valence-corrected chi connectivity index (χ2v) is 4.89. The lowest BCUT2D eigenvalue weighted by molar-refractivity contribution is -0.131. The molecule has 0 fully saturated rings. The van der Waals surface area contributed by atoms with Crippen LogP contribution < -0.4 is 0 Å². The zero-order valence-electron chi connectivity index (χ0n) is 10.4. The van der Waals surface area contributed by atoms with E-state index in [4.69, 9.17) is 9.52 Å². The van der Waals surface area contributed by atoms with Crippen molar-refractivity contribution >= 4 is 23.8 Å². The van der Waals surface area contributed by atoms with Crippen LogP contribution in [0.25, 0.3) is 6.08 Å². The van der Waals surface area contributed by atoms with Gasteiger partial charge in [-0.2, -0.15) is 0 Å². The summed E-state index contributed by atoms with van der Waals surface area (Å²) in [4.78, 5) is 14.7. The number of oxazole rings is 1. The molecular formula is C14H13NO3S. The number of aliphatic carboxylic acids is 1. The van der Waals surface area contributed by atoms with Gasteiger partial charge in [0.1, 0.15) is 6.26 Å². The van der Waals surface area contributed by atoms with Crippen molar-refractivity contribution < 1.29 is 14.3 Å². The number of thioether (sulfide) groups is 1. The molecule has 0 aliphatic heterocycles. The molecule has 19 heavy (non-hydrogen) atoms. The summed E-state index contributed by atoms with van der Waals surface area (Å²) >= 11 is 1.51. The molecule has 1 heterocycles. The zero-order valence-corrected chi connectivity index (χ0v) is 11.2. The van der Waals surface area contributed by atoms with E-state index in [1.807, 2.05) is 31.2 Å². The molecule has 0 saturated carbocycles. The Morgan fingerprint density at radius 3 is 3.05 bits per heavy atom. The van der Waals surface area contributed by atoms with Gasteiger partial charge in [-0.3, -0.25) is 0 Å². The van der Waals surface area contributed by atoms with Gasteiger partial charge >= 0.3 is 5.97 Å². The van der Waals surface area contributed by atoms with E-state index in [9.17, 15) is 4.79 Å². The molecular weight excluding hydrogens is 262 g/mol. The van der Waals surface area contributed by atoms with Crippen LogP contribution in [0.2, 0.25) is 0 Å². The predicted molar refractivity (Wildman–Crippen MR) is 73.9 cm³/mol. The molecule has 1 aromatic heterocycles. The first-order valence-corrected chi connectivity index (χ1v) is 6.67. The highest BCUT2D eigenvalue weighted by Gasteiger charge is 2.02. The van der Waals surface area contributed by atoms with Gasteiger partial charge in [0.15, 0.2) is 0 Å². The Labute approximate surface area is 115 Å². The van der Waals surface area contributed by atoms with Gasteiger partial charge in [0, 0.05) is 11.8 Å². The number of hydrogen-bond acceptors (Lipinski definition) is 4. The van der Waals surface area contributed by atoms with E-state index in [1.54, 1.807) is 12.3 Å². The summed E-state index contributed by atoms with van der Waals surface area (Å²) in [5, 5.41) is 9.23. The number of carbonyl (C=O) groups is 1. The van der Waals surface area contributed by atoms with E-state index >= 15 is 0 Å². The fourth-order valence-electron chi connectivity index (χ4n) is 1.50. The molecule has 98 valence electrons. The standard InChI is InChI=1S/C14H13NO3S/c1-10-8-18-14(15-10)19-9-12-4-2-3-11(7-12)5-6-13(16)17/h2-8H,9H2,1H3,(H,16,17)/b6-5+. The Bertz CT molecular complexity index is 604. The van der Waals surface area contributed by atoms with Crippen molar-refractivity contribution in [2.45, 2.75) is 17.9 Å². The van der Waals surface area contributed by atoms with Crippen LogP contribution >= 0.6 is 11.8 Å². The SMILES string of the molecule is Cc1coc(SCc2cccc(/C=C/C(=O)O)c2)n1. The Morgan fingerprint density at radius 1 is 1.53 bits per heavy atom. The van der Waals surface area contributed by atoms with E-state index in [0.29, 0.717) is 5.22 Å². The first-order chi connectivity index (χ1) is 9.13. The number of aryl methyl sites for hydroxylation is 1. The molecule has 1 aromatic carbocycles. The van der Waals surface area contributed by atoms with Gasteiger partial charge in [-0.05, 0) is 24.1 Å². The summed E-state index contributed by atoms with van der Waals surface area (Å²) in [5.41, 5.74) is 2.82. The van der Waals surface area contributed by atoms with Crippen LogP contribution in [0.15, 0.2) is 46.2 Å². The second-order valence-electron chi connectivity index (χ2n) is 3.96. The van der Waals surface area contributed by atoms with Crippen LogP contribution in [0.3, 0.4) is 0 Å². The van der Waals surface area contributed by atoms with Crippen molar-refractivity contribution in [2.75, 3.05) is 0 Å². The normalized spacial score (nSPS) is 11.0. The van der Waals surface area contributed by atoms with Crippen molar-refractivity contribution in [3.05, 3.63) is 53.4 Å². The third-order valence-electron chi connectivity index (χ3n) is 2.33.